The van der Waals surface area contributed by atoms with Gasteiger partial charge < -0.3 is 20.3 Å². The van der Waals surface area contributed by atoms with Crippen LogP contribution in [0.25, 0.3) is 10.1 Å². The molecule has 0 spiro atoms. The SMILES string of the molecule is CCNC(=NCc1nnc(C)n1C)NCC(O)c1cc2ccccc2s1. The number of fused-ring (bicyclic) bond motifs is 1. The molecule has 2 aromatic heterocycles. The van der Waals surface area contributed by atoms with Gasteiger partial charge >= 0.3 is 0 Å². The van der Waals surface area contributed by atoms with E-state index in [1.54, 1.807) is 11.3 Å². The van der Waals surface area contributed by atoms with Crippen LogP contribution in [0.15, 0.2) is 35.3 Å². The predicted octanol–water partition coefficient (Wildman–Crippen LogP) is 2.13. The first-order valence-corrected chi connectivity index (χ1v) is 9.43. The molecule has 0 saturated heterocycles. The molecule has 0 bridgehead atoms. The number of nitrogens with zero attached hydrogens (tertiary/aromatic N) is 4. The summed E-state index contributed by atoms with van der Waals surface area (Å²) in [5.41, 5.74) is 0. The smallest absolute Gasteiger partial charge is 0.191 e. The molecule has 0 aliphatic rings. The Bertz CT molecular complexity index is 867. The summed E-state index contributed by atoms with van der Waals surface area (Å²) < 4.78 is 3.10. The van der Waals surface area contributed by atoms with Crippen molar-refractivity contribution in [3.8, 4) is 0 Å². The number of rotatable bonds is 6. The molecule has 0 fully saturated rings. The van der Waals surface area contributed by atoms with Crippen LogP contribution in [0.3, 0.4) is 0 Å². The van der Waals surface area contributed by atoms with Gasteiger partial charge in [0, 0.05) is 29.7 Å². The number of hydrogen-bond donors (Lipinski definition) is 3. The molecule has 26 heavy (non-hydrogen) atoms. The highest BCUT2D eigenvalue weighted by Gasteiger charge is 2.12. The maximum atomic E-state index is 10.5. The third-order valence-electron chi connectivity index (χ3n) is 4.14. The topological polar surface area (TPSA) is 87.4 Å². The fourth-order valence-electron chi connectivity index (χ4n) is 2.54. The van der Waals surface area contributed by atoms with Crippen LogP contribution in [0.5, 0.6) is 0 Å². The second-order valence-corrected chi connectivity index (χ2v) is 7.12. The zero-order chi connectivity index (χ0) is 18.5. The number of aliphatic hydroxyl groups excluding tert-OH is 1. The summed E-state index contributed by atoms with van der Waals surface area (Å²) in [5.74, 6) is 2.30. The average molecular weight is 372 g/mol. The molecular weight excluding hydrogens is 348 g/mol. The monoisotopic (exact) mass is 372 g/mol. The number of nitrogens with one attached hydrogen (secondary N) is 2. The van der Waals surface area contributed by atoms with E-state index in [2.05, 4.69) is 38.0 Å². The second-order valence-electron chi connectivity index (χ2n) is 6.00. The second kappa shape index (κ2) is 8.29. The third kappa shape index (κ3) is 4.20. The lowest BCUT2D eigenvalue weighted by Crippen LogP contribution is -2.39. The summed E-state index contributed by atoms with van der Waals surface area (Å²) in [6, 6.07) is 10.2. The van der Waals surface area contributed by atoms with Gasteiger partial charge in [0.2, 0.25) is 0 Å². The van der Waals surface area contributed by atoms with Crippen LogP contribution in [0.4, 0.5) is 0 Å². The van der Waals surface area contributed by atoms with Gasteiger partial charge in [-0.1, -0.05) is 18.2 Å². The Morgan fingerprint density at radius 2 is 2.12 bits per heavy atom. The molecular formula is C18H24N6OS. The molecule has 0 aliphatic heterocycles. The Labute approximate surface area is 156 Å². The standard InChI is InChI=1S/C18H24N6OS/c1-4-19-18(21-11-17-23-22-12(2)24(17)3)20-10-14(25)16-9-13-7-5-6-8-15(13)26-16/h5-9,14,25H,4,10-11H2,1-3H3,(H2,19,20,21). The molecule has 1 unspecified atom stereocenters. The first-order valence-electron chi connectivity index (χ1n) is 8.62. The van der Waals surface area contributed by atoms with E-state index >= 15 is 0 Å². The lowest BCUT2D eigenvalue weighted by molar-refractivity contribution is 0.184. The molecule has 1 aromatic carbocycles. The van der Waals surface area contributed by atoms with E-state index in [4.69, 9.17) is 0 Å². The number of aryl methyl sites for hydroxylation is 1. The lowest BCUT2D eigenvalue weighted by Gasteiger charge is -2.14. The third-order valence-corrected chi connectivity index (χ3v) is 5.36. The molecule has 3 rings (SSSR count). The van der Waals surface area contributed by atoms with Crippen LogP contribution in [0, 0.1) is 6.92 Å². The molecule has 0 saturated carbocycles. The van der Waals surface area contributed by atoms with Crippen molar-refractivity contribution < 1.29 is 5.11 Å². The number of aromatic nitrogens is 3. The minimum absolute atomic E-state index is 0.385. The highest BCUT2D eigenvalue weighted by molar-refractivity contribution is 7.19. The van der Waals surface area contributed by atoms with Crippen molar-refractivity contribution in [2.24, 2.45) is 12.0 Å². The van der Waals surface area contributed by atoms with Gasteiger partial charge in [0.05, 0.1) is 0 Å². The molecule has 0 aliphatic carbocycles. The largest absolute Gasteiger partial charge is 0.386 e. The summed E-state index contributed by atoms with van der Waals surface area (Å²) in [4.78, 5) is 5.47. The van der Waals surface area contributed by atoms with Gasteiger partial charge in [0.1, 0.15) is 18.5 Å². The summed E-state index contributed by atoms with van der Waals surface area (Å²) in [6.07, 6.45) is -0.590. The molecule has 7 nitrogen and oxygen atoms in total. The normalized spacial score (nSPS) is 13.2. The van der Waals surface area contributed by atoms with Crippen molar-refractivity contribution >= 4 is 27.4 Å². The highest BCUT2D eigenvalue weighted by Crippen LogP contribution is 2.29. The first-order chi connectivity index (χ1) is 12.6. The average Bonchev–Trinajstić information content (AvgIpc) is 3.21. The molecule has 0 radical (unpaired) electrons. The van der Waals surface area contributed by atoms with Gasteiger partial charge in [-0.15, -0.1) is 21.5 Å². The Kier molecular flexibility index (Phi) is 5.85. The van der Waals surface area contributed by atoms with Crippen LogP contribution in [-0.4, -0.2) is 38.9 Å². The van der Waals surface area contributed by atoms with E-state index in [-0.39, 0.29) is 0 Å². The van der Waals surface area contributed by atoms with Gasteiger partial charge in [-0.05, 0) is 31.4 Å². The summed E-state index contributed by atoms with van der Waals surface area (Å²) >= 11 is 1.61. The van der Waals surface area contributed by atoms with E-state index < -0.39 is 6.10 Å². The Morgan fingerprint density at radius 1 is 1.31 bits per heavy atom. The van der Waals surface area contributed by atoms with E-state index in [0.29, 0.717) is 19.0 Å². The highest BCUT2D eigenvalue weighted by atomic mass is 32.1. The lowest BCUT2D eigenvalue weighted by atomic mass is 10.2. The molecule has 3 aromatic rings. The van der Waals surface area contributed by atoms with Gasteiger partial charge in [-0.3, -0.25) is 0 Å². The summed E-state index contributed by atoms with van der Waals surface area (Å²) in [5, 5.41) is 26.2. The predicted molar refractivity (Wildman–Crippen MR) is 105 cm³/mol. The van der Waals surface area contributed by atoms with Crippen molar-refractivity contribution in [3.63, 3.8) is 0 Å². The van der Waals surface area contributed by atoms with Crippen molar-refractivity contribution in [2.75, 3.05) is 13.1 Å². The number of thiophene rings is 1. The fourth-order valence-corrected chi connectivity index (χ4v) is 3.59. The minimum Gasteiger partial charge on any atom is -0.386 e. The van der Waals surface area contributed by atoms with Crippen LogP contribution in [-0.2, 0) is 13.6 Å². The maximum Gasteiger partial charge on any atom is 0.191 e. The van der Waals surface area contributed by atoms with Crippen LogP contribution in [0.1, 0.15) is 29.6 Å². The fraction of sp³-hybridized carbons (Fsp3) is 0.389. The van der Waals surface area contributed by atoms with Gasteiger partial charge in [-0.25, -0.2) is 4.99 Å². The van der Waals surface area contributed by atoms with Gasteiger partial charge in [0.15, 0.2) is 11.8 Å². The Balaban J connectivity index is 1.63. The van der Waals surface area contributed by atoms with Gasteiger partial charge in [0.25, 0.3) is 0 Å². The minimum atomic E-state index is -0.590. The number of aliphatic hydroxyl groups is 1. The van der Waals surface area contributed by atoms with Crippen LogP contribution < -0.4 is 10.6 Å². The number of hydrogen-bond acceptors (Lipinski definition) is 5. The number of guanidine groups is 1. The van der Waals surface area contributed by atoms with Crippen molar-refractivity contribution in [1.82, 2.24) is 25.4 Å². The Morgan fingerprint density at radius 3 is 2.81 bits per heavy atom. The van der Waals surface area contributed by atoms with Crippen molar-refractivity contribution in [2.45, 2.75) is 26.5 Å². The summed E-state index contributed by atoms with van der Waals surface area (Å²) in [6.45, 7) is 5.46. The van der Waals surface area contributed by atoms with E-state index in [9.17, 15) is 5.11 Å². The van der Waals surface area contributed by atoms with Crippen molar-refractivity contribution in [1.29, 1.82) is 0 Å². The maximum absolute atomic E-state index is 10.5. The quantitative estimate of drug-likeness (QED) is 0.456. The molecule has 2 heterocycles. The number of benzene rings is 1. The number of aliphatic imine (C=N–C) groups is 1. The molecule has 0 amide bonds. The first kappa shape index (κ1) is 18.3. The molecule has 138 valence electrons. The van der Waals surface area contributed by atoms with Gasteiger partial charge in [-0.2, -0.15) is 0 Å². The van der Waals surface area contributed by atoms with Crippen molar-refractivity contribution in [3.05, 3.63) is 46.9 Å². The van der Waals surface area contributed by atoms with E-state index in [1.807, 2.05) is 43.7 Å². The molecule has 8 heteroatoms. The molecule has 1 atom stereocenters. The zero-order valence-corrected chi connectivity index (χ0v) is 16.0. The van der Waals surface area contributed by atoms with E-state index in [0.717, 1.165) is 28.5 Å². The zero-order valence-electron chi connectivity index (χ0n) is 15.2. The Hall–Kier alpha value is -2.45. The van der Waals surface area contributed by atoms with E-state index in [1.165, 1.54) is 4.70 Å². The van der Waals surface area contributed by atoms with Crippen LogP contribution in [0.2, 0.25) is 0 Å². The van der Waals surface area contributed by atoms with Crippen LogP contribution >= 0.6 is 11.3 Å². The molecule has 3 N–H and O–H groups in total. The summed E-state index contributed by atoms with van der Waals surface area (Å²) in [7, 11) is 1.92.